The van der Waals surface area contributed by atoms with Crippen molar-refractivity contribution in [3.05, 3.63) is 22.5 Å². The molecule has 24 heavy (non-hydrogen) atoms. The summed E-state index contributed by atoms with van der Waals surface area (Å²) in [5.74, 6) is -1.61. The number of aromatic nitrogens is 1. The van der Waals surface area contributed by atoms with E-state index in [1.54, 1.807) is 6.92 Å². The number of alkyl halides is 3. The van der Waals surface area contributed by atoms with Gasteiger partial charge in [-0.1, -0.05) is 0 Å². The molecule has 1 aliphatic carbocycles. The largest absolute Gasteiger partial charge is 0.416 e. The highest BCUT2D eigenvalue weighted by Crippen LogP contribution is 2.54. The van der Waals surface area contributed by atoms with Crippen molar-refractivity contribution in [2.24, 2.45) is 5.92 Å². The molecule has 2 aliphatic heterocycles. The molecule has 0 spiro atoms. The third-order valence-corrected chi connectivity index (χ3v) is 5.56. The quantitative estimate of drug-likeness (QED) is 0.674. The molecule has 3 heterocycles. The van der Waals surface area contributed by atoms with Crippen molar-refractivity contribution in [2.75, 3.05) is 13.2 Å². The second kappa shape index (κ2) is 4.62. The van der Waals surface area contributed by atoms with Crippen LogP contribution in [0.1, 0.15) is 39.8 Å². The summed E-state index contributed by atoms with van der Waals surface area (Å²) in [4.78, 5) is 24.8. The van der Waals surface area contributed by atoms with Crippen LogP contribution in [0.25, 0.3) is 0 Å². The van der Waals surface area contributed by atoms with Crippen LogP contribution in [0.3, 0.4) is 0 Å². The average molecular weight is 342 g/mol. The molecule has 1 saturated carbocycles. The molecule has 1 N–H and O–H groups in total. The Hall–Kier alpha value is -1.83. The van der Waals surface area contributed by atoms with Crippen molar-refractivity contribution < 1.29 is 27.5 Å². The summed E-state index contributed by atoms with van der Waals surface area (Å²) in [7, 11) is 0. The molecule has 1 saturated heterocycles. The van der Waals surface area contributed by atoms with Crippen molar-refractivity contribution in [1.82, 2.24) is 9.88 Å². The van der Waals surface area contributed by atoms with Gasteiger partial charge in [0.2, 0.25) is 0 Å². The zero-order valence-electron chi connectivity index (χ0n) is 13.3. The van der Waals surface area contributed by atoms with E-state index in [4.69, 9.17) is 0 Å². The number of ketones is 1. The molecule has 2 fully saturated rings. The van der Waals surface area contributed by atoms with E-state index in [0.717, 1.165) is 17.8 Å². The third kappa shape index (κ3) is 1.92. The molecule has 1 amide bonds. The zero-order chi connectivity index (χ0) is 17.4. The van der Waals surface area contributed by atoms with Crippen LogP contribution < -0.4 is 5.32 Å². The molecule has 3 aliphatic rings. The van der Waals surface area contributed by atoms with Gasteiger partial charge < -0.3 is 14.6 Å². The minimum absolute atomic E-state index is 0.273. The van der Waals surface area contributed by atoms with Crippen molar-refractivity contribution in [3.8, 4) is 0 Å². The Balaban J connectivity index is 1.62. The minimum Gasteiger partial charge on any atom is -0.376 e. The fourth-order valence-electron chi connectivity index (χ4n) is 3.87. The number of rotatable bonds is 3. The molecule has 4 rings (SSSR count). The molecule has 1 aromatic heterocycles. The second-order valence-electron chi connectivity index (χ2n) is 7.03. The summed E-state index contributed by atoms with van der Waals surface area (Å²) in [6, 6.07) is 0.380. The van der Waals surface area contributed by atoms with Crippen molar-refractivity contribution >= 4 is 11.7 Å². The van der Waals surface area contributed by atoms with E-state index in [0.29, 0.717) is 23.9 Å². The number of nitrogens with one attached hydrogen (secondary N) is 1. The van der Waals surface area contributed by atoms with Crippen molar-refractivity contribution in [1.29, 1.82) is 0 Å². The van der Waals surface area contributed by atoms with Crippen LogP contribution in [0.4, 0.5) is 13.2 Å². The number of Topliss-reactive ketones (excluding diaryl/α,β-unsaturated/α-hetero) is 1. The maximum Gasteiger partial charge on any atom is 0.416 e. The predicted octanol–water partition coefficient (Wildman–Crippen LogP) is 1.85. The average Bonchev–Trinajstić information content (AvgIpc) is 3.03. The van der Waals surface area contributed by atoms with Crippen LogP contribution in [0, 0.1) is 19.8 Å². The number of carbonyl (C=O) groups is 2. The summed E-state index contributed by atoms with van der Waals surface area (Å²) < 4.78 is 46.1. The van der Waals surface area contributed by atoms with Gasteiger partial charge in [0.1, 0.15) is 0 Å². The van der Waals surface area contributed by atoms with E-state index in [1.807, 2.05) is 12.2 Å². The summed E-state index contributed by atoms with van der Waals surface area (Å²) in [6.07, 6.45) is -2.88. The number of nitrogens with zero attached hydrogens (tertiary/aromatic N) is 1. The zero-order valence-corrected chi connectivity index (χ0v) is 13.3. The lowest BCUT2D eigenvalue weighted by molar-refractivity contribution is -0.265. The summed E-state index contributed by atoms with van der Waals surface area (Å²) in [5, 5.41) is 1.87. The topological polar surface area (TPSA) is 60.3 Å². The normalized spacial score (nSPS) is 26.4. The number of hydrogen-bond acceptors (Lipinski definition) is 3. The Bertz CT molecular complexity index is 762. The van der Waals surface area contributed by atoms with Gasteiger partial charge in [-0.2, -0.15) is 13.2 Å². The van der Waals surface area contributed by atoms with Crippen molar-refractivity contribution in [2.45, 2.75) is 44.4 Å². The van der Waals surface area contributed by atoms with E-state index < -0.39 is 36.6 Å². The Morgan fingerprint density at radius 3 is 2.50 bits per heavy atom. The number of fused-ring (bicyclic) bond motifs is 3. The molecule has 0 radical (unpaired) electrons. The Labute approximate surface area is 136 Å². The molecule has 130 valence electrons. The first-order valence-electron chi connectivity index (χ1n) is 7.88. The van der Waals surface area contributed by atoms with E-state index in [9.17, 15) is 22.8 Å². The van der Waals surface area contributed by atoms with Gasteiger partial charge in [0.25, 0.3) is 11.7 Å². The lowest BCUT2D eigenvalue weighted by Crippen LogP contribution is -2.71. The number of amides is 1. The van der Waals surface area contributed by atoms with Gasteiger partial charge in [0, 0.05) is 17.4 Å². The van der Waals surface area contributed by atoms with Crippen LogP contribution in [0.2, 0.25) is 0 Å². The van der Waals surface area contributed by atoms with Crippen LogP contribution in [0.15, 0.2) is 0 Å². The van der Waals surface area contributed by atoms with E-state index in [1.165, 1.54) is 0 Å². The highest BCUT2D eigenvalue weighted by Gasteiger charge is 2.61. The fraction of sp³-hybridized carbons (Fsp3) is 0.625. The standard InChI is InChI=1S/C16H17F3N2O3/c1-7-8(2)21-10-3-9(10)4-11(21)12(7)13(22)14(23)20-15(5-24-6-15)16(17,18)19/h9-10H,3-6H2,1-2H3,(H,20,23). The molecule has 0 bridgehead atoms. The first kappa shape index (κ1) is 15.7. The fourth-order valence-corrected chi connectivity index (χ4v) is 3.87. The van der Waals surface area contributed by atoms with Gasteiger partial charge >= 0.3 is 6.18 Å². The summed E-state index contributed by atoms with van der Waals surface area (Å²) >= 11 is 0. The second-order valence-corrected chi connectivity index (χ2v) is 7.03. The number of halogens is 3. The maximum absolute atomic E-state index is 13.1. The smallest absolute Gasteiger partial charge is 0.376 e. The third-order valence-electron chi connectivity index (χ3n) is 5.56. The monoisotopic (exact) mass is 342 g/mol. The van der Waals surface area contributed by atoms with Crippen molar-refractivity contribution in [3.63, 3.8) is 0 Å². The van der Waals surface area contributed by atoms with Gasteiger partial charge in [0.15, 0.2) is 5.54 Å². The predicted molar refractivity (Wildman–Crippen MR) is 76.8 cm³/mol. The van der Waals surface area contributed by atoms with Crippen LogP contribution in [-0.4, -0.2) is 41.2 Å². The van der Waals surface area contributed by atoms with Crippen LogP contribution in [-0.2, 0) is 16.0 Å². The first-order valence-corrected chi connectivity index (χ1v) is 7.88. The van der Waals surface area contributed by atoms with Crippen LogP contribution >= 0.6 is 0 Å². The summed E-state index contributed by atoms with van der Waals surface area (Å²) in [5.41, 5.74) is 0.213. The molecule has 8 heteroatoms. The van der Waals surface area contributed by atoms with Gasteiger partial charge in [-0.05, 0) is 38.2 Å². The number of ether oxygens (including phenoxy) is 1. The van der Waals surface area contributed by atoms with Gasteiger partial charge in [-0.3, -0.25) is 9.59 Å². The molecule has 5 nitrogen and oxygen atoms in total. The lowest BCUT2D eigenvalue weighted by Gasteiger charge is -2.42. The SMILES string of the molecule is Cc1c(C(=O)C(=O)NC2(C(F)(F)F)COC2)c2n(c1C)C1CC1C2. The molecular formula is C16H17F3N2O3. The van der Waals surface area contributed by atoms with Crippen LogP contribution in [0.5, 0.6) is 0 Å². The van der Waals surface area contributed by atoms with E-state index in [2.05, 4.69) is 9.30 Å². The number of hydrogen-bond donors (Lipinski definition) is 1. The highest BCUT2D eigenvalue weighted by atomic mass is 19.4. The van der Waals surface area contributed by atoms with E-state index >= 15 is 0 Å². The number of carbonyl (C=O) groups excluding carboxylic acids is 2. The van der Waals surface area contributed by atoms with Gasteiger partial charge in [0.05, 0.1) is 18.8 Å². The Kier molecular flexibility index (Phi) is 3.02. The molecule has 1 aromatic rings. The molecular weight excluding hydrogens is 325 g/mol. The molecule has 2 atom stereocenters. The van der Waals surface area contributed by atoms with E-state index in [-0.39, 0.29) is 5.56 Å². The summed E-state index contributed by atoms with van der Waals surface area (Å²) in [6.45, 7) is 2.30. The van der Waals surface area contributed by atoms with Gasteiger partial charge in [-0.25, -0.2) is 0 Å². The maximum atomic E-state index is 13.1. The Morgan fingerprint density at radius 2 is 1.96 bits per heavy atom. The van der Waals surface area contributed by atoms with Gasteiger partial charge in [-0.15, -0.1) is 0 Å². The molecule has 0 aromatic carbocycles. The Morgan fingerprint density at radius 1 is 1.29 bits per heavy atom. The molecule has 2 unspecified atom stereocenters. The first-order chi connectivity index (χ1) is 11.2. The lowest BCUT2D eigenvalue weighted by atomic mass is 9.95. The highest BCUT2D eigenvalue weighted by molar-refractivity contribution is 6.43. The minimum atomic E-state index is -4.66.